The van der Waals surface area contributed by atoms with Crippen molar-refractivity contribution in [2.24, 2.45) is 0 Å². The maximum Gasteiger partial charge on any atom is 0.257 e. The predicted octanol–water partition coefficient (Wildman–Crippen LogP) is 4.03. The molecule has 166 valence electrons. The molecule has 1 N–H and O–H groups in total. The third-order valence-electron chi connectivity index (χ3n) is 5.95. The number of likely N-dealkylation sites (tertiary alicyclic amines) is 1. The molecule has 6 nitrogen and oxygen atoms in total. The molecule has 2 saturated heterocycles. The van der Waals surface area contributed by atoms with Gasteiger partial charge in [-0.25, -0.2) is 4.98 Å². The highest BCUT2D eigenvalue weighted by atomic mass is 35.5. The molecule has 4 heterocycles. The summed E-state index contributed by atoms with van der Waals surface area (Å²) in [6, 6.07) is 12.6. The molecule has 0 aliphatic carbocycles. The summed E-state index contributed by atoms with van der Waals surface area (Å²) in [6.07, 6.45) is 7.42. The number of hydrogen-bond acceptors (Lipinski definition) is 4. The second-order valence-electron chi connectivity index (χ2n) is 8.17. The van der Waals surface area contributed by atoms with Crippen LogP contribution in [0.4, 0.5) is 0 Å². The summed E-state index contributed by atoms with van der Waals surface area (Å²) in [6.45, 7) is 3.96. The van der Waals surface area contributed by atoms with Crippen LogP contribution in [0, 0.1) is 6.92 Å². The number of hydrogen-bond donors (Lipinski definition) is 1. The van der Waals surface area contributed by atoms with E-state index in [9.17, 15) is 4.79 Å². The number of aromatic nitrogens is 2. The van der Waals surface area contributed by atoms with E-state index in [-0.39, 0.29) is 30.7 Å². The van der Waals surface area contributed by atoms with E-state index in [0.29, 0.717) is 30.0 Å². The Kier molecular flexibility index (Phi) is 7.46. The minimum absolute atomic E-state index is 0. The van der Waals surface area contributed by atoms with Gasteiger partial charge in [0, 0.05) is 37.6 Å². The molecule has 2 fully saturated rings. The van der Waals surface area contributed by atoms with Crippen LogP contribution >= 0.6 is 24.8 Å². The molecule has 2 atom stereocenters. The highest BCUT2D eigenvalue weighted by Crippen LogP contribution is 2.25. The normalized spacial score (nSPS) is 20.0. The van der Waals surface area contributed by atoms with Crippen molar-refractivity contribution >= 4 is 36.4 Å². The number of pyridine rings is 1. The van der Waals surface area contributed by atoms with Gasteiger partial charge in [-0.1, -0.05) is 18.2 Å². The molecule has 1 amide bonds. The minimum atomic E-state index is 0. The highest BCUT2D eigenvalue weighted by Gasteiger charge is 2.32. The summed E-state index contributed by atoms with van der Waals surface area (Å²) in [5.41, 5.74) is 3.55. The maximum atomic E-state index is 13.2. The average Bonchev–Trinajstić information content (AvgIpc) is 3.27. The van der Waals surface area contributed by atoms with E-state index in [1.54, 1.807) is 0 Å². The molecule has 2 aliphatic rings. The van der Waals surface area contributed by atoms with Crippen molar-refractivity contribution in [2.45, 2.75) is 44.9 Å². The van der Waals surface area contributed by atoms with Crippen LogP contribution in [0.3, 0.4) is 0 Å². The second kappa shape index (κ2) is 9.90. The molecule has 1 aromatic carbocycles. The lowest BCUT2D eigenvalue weighted by Gasteiger charge is -2.25. The Morgan fingerprint density at radius 3 is 2.77 bits per heavy atom. The van der Waals surface area contributed by atoms with Gasteiger partial charge >= 0.3 is 0 Å². The molecule has 3 aromatic rings. The predicted molar refractivity (Wildman–Crippen MR) is 126 cm³/mol. The molecule has 2 aromatic heterocycles. The highest BCUT2D eigenvalue weighted by molar-refractivity contribution is 5.97. The van der Waals surface area contributed by atoms with E-state index in [2.05, 4.69) is 17.2 Å². The van der Waals surface area contributed by atoms with Gasteiger partial charge in [-0.15, -0.1) is 24.8 Å². The zero-order valence-electron chi connectivity index (χ0n) is 17.5. The van der Waals surface area contributed by atoms with Crippen molar-refractivity contribution < 1.29 is 9.53 Å². The van der Waals surface area contributed by atoms with Crippen molar-refractivity contribution in [1.82, 2.24) is 19.6 Å². The Balaban J connectivity index is 0.00000136. The number of ether oxygens (including phenoxy) is 1. The van der Waals surface area contributed by atoms with Gasteiger partial charge < -0.3 is 19.4 Å². The molecular formula is C23H28Cl2N4O2. The number of amides is 1. The second-order valence-corrected chi connectivity index (χ2v) is 8.17. The molecule has 8 heteroatoms. The van der Waals surface area contributed by atoms with Crippen LogP contribution in [0.25, 0.3) is 5.65 Å². The maximum absolute atomic E-state index is 13.2. The van der Waals surface area contributed by atoms with E-state index in [4.69, 9.17) is 4.74 Å². The topological polar surface area (TPSA) is 58.9 Å². The first-order valence-electron chi connectivity index (χ1n) is 10.4. The van der Waals surface area contributed by atoms with Crippen LogP contribution < -0.4 is 10.1 Å². The lowest BCUT2D eigenvalue weighted by atomic mass is 10.1. The number of para-hydroxylation sites is 1. The van der Waals surface area contributed by atoms with Crippen molar-refractivity contribution in [3.8, 4) is 5.75 Å². The fraction of sp³-hybridized carbons (Fsp3) is 0.391. The largest absolute Gasteiger partial charge is 0.486 e. The quantitative estimate of drug-likeness (QED) is 0.635. The Morgan fingerprint density at radius 2 is 1.90 bits per heavy atom. The van der Waals surface area contributed by atoms with Gasteiger partial charge in [0.25, 0.3) is 5.91 Å². The molecule has 2 bridgehead atoms. The van der Waals surface area contributed by atoms with E-state index in [1.807, 2.05) is 58.1 Å². The summed E-state index contributed by atoms with van der Waals surface area (Å²) in [5.74, 6) is 0.675. The van der Waals surface area contributed by atoms with Gasteiger partial charge in [-0.3, -0.25) is 4.79 Å². The van der Waals surface area contributed by atoms with Crippen LogP contribution in [0.15, 0.2) is 48.8 Å². The lowest BCUT2D eigenvalue weighted by molar-refractivity contribution is 0.0743. The Morgan fingerprint density at radius 1 is 1.10 bits per heavy atom. The average molecular weight is 463 g/mol. The molecular weight excluding hydrogens is 435 g/mol. The standard InChI is InChI=1S/C23H26N4O2.2ClH/c1-16-6-9-22-25-19(14-27(22)12-16)15-29-21-5-3-2-4-20(21)23(28)26-11-10-17-7-8-18(13-26)24-17;;/h2-6,9,12,14,17-18,24H,7-8,10-11,13,15H2,1H3;2*1H. The number of nitrogens with zero attached hydrogens (tertiary/aromatic N) is 3. The third-order valence-corrected chi connectivity index (χ3v) is 5.95. The van der Waals surface area contributed by atoms with Crippen LogP contribution in [0.2, 0.25) is 0 Å². The van der Waals surface area contributed by atoms with Gasteiger partial charge in [-0.05, 0) is 49.9 Å². The molecule has 0 spiro atoms. The summed E-state index contributed by atoms with van der Waals surface area (Å²) in [5, 5.41) is 3.63. The molecule has 2 aliphatic heterocycles. The third kappa shape index (κ3) is 4.97. The summed E-state index contributed by atoms with van der Waals surface area (Å²) in [7, 11) is 0. The van der Waals surface area contributed by atoms with Crippen molar-refractivity contribution in [1.29, 1.82) is 0 Å². The van der Waals surface area contributed by atoms with Crippen molar-refractivity contribution in [2.75, 3.05) is 13.1 Å². The SMILES string of the molecule is Cc1ccc2nc(COc3ccccc3C(=O)N3CCC4CCC(C3)N4)cn2c1.Cl.Cl. The first-order valence-corrected chi connectivity index (χ1v) is 10.4. The van der Waals surface area contributed by atoms with Crippen LogP contribution in [-0.4, -0.2) is 45.4 Å². The first kappa shape index (κ1) is 23.4. The van der Waals surface area contributed by atoms with Gasteiger partial charge in [0.1, 0.15) is 18.0 Å². The molecule has 5 rings (SSSR count). The Bertz CT molecular complexity index is 1050. The van der Waals surface area contributed by atoms with Crippen molar-refractivity contribution in [3.63, 3.8) is 0 Å². The molecule has 0 radical (unpaired) electrons. The first-order chi connectivity index (χ1) is 14.2. The number of carbonyl (C=O) groups excluding carboxylic acids is 1. The lowest BCUT2D eigenvalue weighted by Crippen LogP contribution is -2.39. The number of halogens is 2. The van der Waals surface area contributed by atoms with Crippen molar-refractivity contribution in [3.05, 3.63) is 65.6 Å². The molecule has 0 saturated carbocycles. The zero-order chi connectivity index (χ0) is 19.8. The number of benzene rings is 1. The summed E-state index contributed by atoms with van der Waals surface area (Å²) >= 11 is 0. The van der Waals surface area contributed by atoms with E-state index >= 15 is 0 Å². The number of fused-ring (bicyclic) bond motifs is 3. The van der Waals surface area contributed by atoms with Gasteiger partial charge in [0.15, 0.2) is 0 Å². The number of carbonyl (C=O) groups is 1. The Labute approximate surface area is 194 Å². The number of nitrogens with one attached hydrogen (secondary N) is 1. The molecule has 2 unspecified atom stereocenters. The number of rotatable bonds is 4. The smallest absolute Gasteiger partial charge is 0.257 e. The van der Waals surface area contributed by atoms with Gasteiger partial charge in [0.2, 0.25) is 0 Å². The number of aryl methyl sites for hydroxylation is 1. The number of imidazole rings is 1. The van der Waals surface area contributed by atoms with Gasteiger partial charge in [-0.2, -0.15) is 0 Å². The fourth-order valence-electron chi connectivity index (χ4n) is 4.44. The summed E-state index contributed by atoms with van der Waals surface area (Å²) < 4.78 is 8.05. The van der Waals surface area contributed by atoms with E-state index < -0.39 is 0 Å². The summed E-state index contributed by atoms with van der Waals surface area (Å²) in [4.78, 5) is 19.8. The van der Waals surface area contributed by atoms with Gasteiger partial charge in [0.05, 0.1) is 11.3 Å². The monoisotopic (exact) mass is 462 g/mol. The zero-order valence-corrected chi connectivity index (χ0v) is 19.1. The van der Waals surface area contributed by atoms with Crippen LogP contribution in [0.5, 0.6) is 5.75 Å². The van der Waals surface area contributed by atoms with Crippen LogP contribution in [-0.2, 0) is 6.61 Å². The van der Waals surface area contributed by atoms with Crippen LogP contribution in [0.1, 0.15) is 40.9 Å². The fourth-order valence-corrected chi connectivity index (χ4v) is 4.44. The van der Waals surface area contributed by atoms with E-state index in [0.717, 1.165) is 37.3 Å². The minimum Gasteiger partial charge on any atom is -0.486 e. The van der Waals surface area contributed by atoms with E-state index in [1.165, 1.54) is 12.0 Å². The Hall–Kier alpha value is -2.28. The molecule has 31 heavy (non-hydrogen) atoms.